The Hall–Kier alpha value is -1.11. The van der Waals surface area contributed by atoms with Gasteiger partial charge in [0.1, 0.15) is 0 Å². The first kappa shape index (κ1) is 18.9. The zero-order valence-corrected chi connectivity index (χ0v) is 14.5. The second-order valence-electron chi connectivity index (χ2n) is 5.81. The molecule has 1 fully saturated rings. The van der Waals surface area contributed by atoms with Gasteiger partial charge in [-0.1, -0.05) is 6.07 Å². The summed E-state index contributed by atoms with van der Waals surface area (Å²) < 4.78 is 23.2. The number of benzene rings is 1. The highest BCUT2D eigenvalue weighted by Crippen LogP contribution is 2.21. The lowest BCUT2D eigenvalue weighted by Gasteiger charge is -2.34. The van der Waals surface area contributed by atoms with E-state index in [1.54, 1.807) is 17.0 Å². The first-order valence-corrected chi connectivity index (χ1v) is 9.03. The Morgan fingerprint density at radius 2 is 2.09 bits per heavy atom. The molecule has 1 saturated heterocycles. The monoisotopic (exact) mass is 346 g/mol. The molecule has 22 heavy (non-hydrogen) atoms. The molecular formula is C15H23ClN2O3S. The van der Waals surface area contributed by atoms with Crippen molar-refractivity contribution in [1.29, 1.82) is 0 Å². The fraction of sp³-hybridized carbons (Fsp3) is 0.533. The molecule has 2 N–H and O–H groups in total. The molecule has 0 saturated carbocycles. The summed E-state index contributed by atoms with van der Waals surface area (Å²) in [4.78, 5) is 14.5. The minimum Gasteiger partial charge on any atom is -0.338 e. The number of amides is 1. The van der Waals surface area contributed by atoms with Crippen molar-refractivity contribution in [3.05, 3.63) is 29.8 Å². The average Bonchev–Trinajstić information content (AvgIpc) is 2.46. The van der Waals surface area contributed by atoms with Crippen LogP contribution in [-0.4, -0.2) is 44.6 Å². The lowest BCUT2D eigenvalue weighted by atomic mass is 9.92. The molecule has 124 valence electrons. The number of likely N-dealkylation sites (tertiary alicyclic amines) is 1. The summed E-state index contributed by atoms with van der Waals surface area (Å²) >= 11 is 0. The molecule has 1 heterocycles. The van der Waals surface area contributed by atoms with E-state index in [1.165, 1.54) is 12.1 Å². The highest BCUT2D eigenvalue weighted by atomic mass is 35.5. The number of hydrogen-bond acceptors (Lipinski definition) is 4. The van der Waals surface area contributed by atoms with Crippen LogP contribution in [0.3, 0.4) is 0 Å². The van der Waals surface area contributed by atoms with Crippen LogP contribution < -0.4 is 5.73 Å². The molecule has 5 nitrogen and oxygen atoms in total. The number of piperidine rings is 1. The fourth-order valence-corrected chi connectivity index (χ4v) is 3.33. The molecule has 2 unspecified atom stereocenters. The highest BCUT2D eigenvalue weighted by molar-refractivity contribution is 7.90. The summed E-state index contributed by atoms with van der Waals surface area (Å²) in [5, 5.41) is 0. The van der Waals surface area contributed by atoms with E-state index in [0.717, 1.165) is 19.1 Å². The molecule has 2 atom stereocenters. The maximum atomic E-state index is 12.5. The Balaban J connectivity index is 0.00000242. The van der Waals surface area contributed by atoms with Gasteiger partial charge in [-0.3, -0.25) is 4.79 Å². The van der Waals surface area contributed by atoms with Crippen molar-refractivity contribution < 1.29 is 13.2 Å². The Kier molecular flexibility index (Phi) is 6.40. The topological polar surface area (TPSA) is 80.5 Å². The number of hydrogen-bond donors (Lipinski definition) is 1. The van der Waals surface area contributed by atoms with Crippen LogP contribution in [0.5, 0.6) is 0 Å². The van der Waals surface area contributed by atoms with Crippen molar-refractivity contribution in [1.82, 2.24) is 4.90 Å². The molecule has 1 aliphatic rings. The lowest BCUT2D eigenvalue weighted by Crippen LogP contribution is -2.45. The molecule has 1 aliphatic heterocycles. The van der Waals surface area contributed by atoms with Crippen LogP contribution in [0.2, 0.25) is 0 Å². The van der Waals surface area contributed by atoms with E-state index in [9.17, 15) is 13.2 Å². The number of carbonyl (C=O) groups is 1. The second kappa shape index (κ2) is 7.44. The van der Waals surface area contributed by atoms with Crippen LogP contribution in [0.4, 0.5) is 0 Å². The van der Waals surface area contributed by atoms with E-state index < -0.39 is 9.84 Å². The van der Waals surface area contributed by atoms with E-state index >= 15 is 0 Å². The smallest absolute Gasteiger partial charge is 0.253 e. The van der Waals surface area contributed by atoms with Crippen LogP contribution in [0.15, 0.2) is 29.2 Å². The molecule has 7 heteroatoms. The van der Waals surface area contributed by atoms with Crippen molar-refractivity contribution in [3.63, 3.8) is 0 Å². The minimum absolute atomic E-state index is 0. The maximum Gasteiger partial charge on any atom is 0.253 e. The van der Waals surface area contributed by atoms with Crippen LogP contribution in [0.1, 0.15) is 30.1 Å². The van der Waals surface area contributed by atoms with Gasteiger partial charge >= 0.3 is 0 Å². The summed E-state index contributed by atoms with van der Waals surface area (Å²) in [7, 11) is -3.30. The molecule has 0 radical (unpaired) electrons. The van der Waals surface area contributed by atoms with Gasteiger partial charge in [0.2, 0.25) is 0 Å². The molecule has 0 aliphatic carbocycles. The third-order valence-electron chi connectivity index (χ3n) is 4.00. The van der Waals surface area contributed by atoms with Crippen LogP contribution in [-0.2, 0) is 9.84 Å². The Morgan fingerprint density at radius 1 is 1.41 bits per heavy atom. The van der Waals surface area contributed by atoms with Gasteiger partial charge in [-0.15, -0.1) is 12.4 Å². The number of nitrogens with zero attached hydrogens (tertiary/aromatic N) is 1. The number of carbonyl (C=O) groups excluding carboxylic acids is 1. The Labute approximate surface area is 138 Å². The number of rotatable bonds is 3. The summed E-state index contributed by atoms with van der Waals surface area (Å²) in [5.74, 6) is 0.187. The summed E-state index contributed by atoms with van der Waals surface area (Å²) in [6.45, 7) is 3.30. The van der Waals surface area contributed by atoms with Gasteiger partial charge in [0, 0.05) is 31.0 Å². The second-order valence-corrected chi connectivity index (χ2v) is 7.83. The predicted octanol–water partition coefficient (Wildman–Crippen LogP) is 1.71. The molecule has 1 amide bonds. The molecule has 0 bridgehead atoms. The minimum atomic E-state index is -3.30. The zero-order valence-electron chi connectivity index (χ0n) is 12.9. The Bertz CT molecular complexity index is 631. The van der Waals surface area contributed by atoms with E-state index in [4.69, 9.17) is 5.73 Å². The quantitative estimate of drug-likeness (QED) is 0.903. The van der Waals surface area contributed by atoms with Gasteiger partial charge < -0.3 is 10.6 Å². The van der Waals surface area contributed by atoms with Crippen molar-refractivity contribution >= 4 is 28.2 Å². The first-order chi connectivity index (χ1) is 9.79. The lowest BCUT2D eigenvalue weighted by molar-refractivity contribution is 0.0660. The molecule has 0 spiro atoms. The fourth-order valence-electron chi connectivity index (χ4n) is 2.67. The molecule has 1 aromatic carbocycles. The van der Waals surface area contributed by atoms with E-state index in [2.05, 4.69) is 0 Å². The standard InChI is InChI=1S/C15H22N2O3S.ClH/c1-11(16)13-6-4-8-17(10-13)15(18)12-5-3-7-14(9-12)21(2,19)20;/h3,5,7,9,11,13H,4,6,8,10,16H2,1-2H3;1H. The summed E-state index contributed by atoms with van der Waals surface area (Å²) in [6.07, 6.45) is 3.11. The van der Waals surface area contributed by atoms with Gasteiger partial charge in [-0.25, -0.2) is 8.42 Å². The van der Waals surface area contributed by atoms with E-state index in [0.29, 0.717) is 24.6 Å². The van der Waals surface area contributed by atoms with Gasteiger partial charge in [-0.05, 0) is 43.9 Å². The largest absolute Gasteiger partial charge is 0.338 e. The van der Waals surface area contributed by atoms with Crippen LogP contribution >= 0.6 is 12.4 Å². The first-order valence-electron chi connectivity index (χ1n) is 7.14. The third kappa shape index (κ3) is 4.44. The summed E-state index contributed by atoms with van der Waals surface area (Å²) in [5.41, 5.74) is 6.35. The Morgan fingerprint density at radius 3 is 2.68 bits per heavy atom. The zero-order chi connectivity index (χ0) is 15.6. The van der Waals surface area contributed by atoms with Crippen molar-refractivity contribution in [2.24, 2.45) is 11.7 Å². The van der Waals surface area contributed by atoms with Crippen LogP contribution in [0.25, 0.3) is 0 Å². The average molecular weight is 347 g/mol. The van der Waals surface area contributed by atoms with Crippen molar-refractivity contribution in [2.75, 3.05) is 19.3 Å². The highest BCUT2D eigenvalue weighted by Gasteiger charge is 2.26. The predicted molar refractivity (Wildman–Crippen MR) is 89.1 cm³/mol. The van der Waals surface area contributed by atoms with Gasteiger partial charge in [0.15, 0.2) is 9.84 Å². The van der Waals surface area contributed by atoms with E-state index in [-0.39, 0.29) is 29.3 Å². The molecular weight excluding hydrogens is 324 g/mol. The van der Waals surface area contributed by atoms with Crippen molar-refractivity contribution in [2.45, 2.75) is 30.7 Å². The van der Waals surface area contributed by atoms with Crippen molar-refractivity contribution in [3.8, 4) is 0 Å². The summed E-state index contributed by atoms with van der Waals surface area (Å²) in [6, 6.07) is 6.28. The van der Waals surface area contributed by atoms with E-state index in [1.807, 2.05) is 6.92 Å². The third-order valence-corrected chi connectivity index (χ3v) is 5.11. The molecule has 2 rings (SSSR count). The SMILES string of the molecule is CC(N)C1CCCN(C(=O)c2cccc(S(C)(=O)=O)c2)C1.Cl. The number of halogens is 1. The number of sulfone groups is 1. The van der Waals surface area contributed by atoms with Gasteiger partial charge in [0.05, 0.1) is 4.90 Å². The number of nitrogens with two attached hydrogens (primary N) is 1. The maximum absolute atomic E-state index is 12.5. The molecule has 0 aromatic heterocycles. The normalized spacial score (nSPS) is 20.1. The van der Waals surface area contributed by atoms with Gasteiger partial charge in [0.25, 0.3) is 5.91 Å². The van der Waals surface area contributed by atoms with Crippen LogP contribution in [0, 0.1) is 5.92 Å². The molecule has 1 aromatic rings. The van der Waals surface area contributed by atoms with Gasteiger partial charge in [-0.2, -0.15) is 0 Å².